The van der Waals surface area contributed by atoms with Crippen LogP contribution < -0.4 is 0 Å². The molecule has 3 aliphatic rings. The molecule has 2 aliphatic carbocycles. The summed E-state index contributed by atoms with van der Waals surface area (Å²) in [5.41, 5.74) is 1.39. The first-order valence-electron chi connectivity index (χ1n) is 10.5. The zero-order valence-corrected chi connectivity index (χ0v) is 18.1. The van der Waals surface area contributed by atoms with Gasteiger partial charge in [-0.15, -0.1) is 0 Å². The first-order chi connectivity index (χ1) is 14.0. The van der Waals surface area contributed by atoms with Crippen LogP contribution in [0, 0.1) is 4.84 Å². The number of sulfonamides is 1. The van der Waals surface area contributed by atoms with Crippen LogP contribution in [0.15, 0.2) is 27.5 Å². The number of aromatic nitrogens is 1. The van der Waals surface area contributed by atoms with Crippen molar-refractivity contribution < 1.29 is 17.6 Å². The van der Waals surface area contributed by atoms with Crippen molar-refractivity contribution in [3.63, 3.8) is 0 Å². The van der Waals surface area contributed by atoms with Crippen LogP contribution in [0.4, 0.5) is 0 Å². The summed E-state index contributed by atoms with van der Waals surface area (Å²) in [4.78, 5) is 3.25. The molecule has 0 bridgehead atoms. The Morgan fingerprint density at radius 2 is 1.76 bits per heavy atom. The molecule has 2 saturated carbocycles. The van der Waals surface area contributed by atoms with Crippen molar-refractivity contribution in [1.29, 1.82) is 0 Å². The highest BCUT2D eigenvalue weighted by molar-refractivity contribution is 7.89. The largest absolute Gasteiger partial charge is 0.429 e. The first-order valence-corrected chi connectivity index (χ1v) is 12.4. The molecule has 29 heavy (non-hydrogen) atoms. The van der Waals surface area contributed by atoms with E-state index in [1.807, 2.05) is 4.57 Å². The lowest BCUT2D eigenvalue weighted by Crippen LogP contribution is -2.40. The number of fused-ring (bicyclic) bond motifs is 1. The summed E-state index contributed by atoms with van der Waals surface area (Å²) < 4.78 is 40.7. The van der Waals surface area contributed by atoms with Gasteiger partial charge in [0.15, 0.2) is 5.58 Å². The van der Waals surface area contributed by atoms with Crippen molar-refractivity contribution in [3.8, 4) is 0 Å². The lowest BCUT2D eigenvalue weighted by atomic mass is 10.2. The highest BCUT2D eigenvalue weighted by Gasteiger charge is 2.36. The van der Waals surface area contributed by atoms with Gasteiger partial charge in [0.05, 0.1) is 30.3 Å². The fourth-order valence-corrected chi connectivity index (χ4v) is 6.28. The lowest BCUT2D eigenvalue weighted by molar-refractivity contribution is 0.0730. The van der Waals surface area contributed by atoms with Gasteiger partial charge in [0.1, 0.15) is 0 Å². The van der Waals surface area contributed by atoms with Crippen molar-refractivity contribution in [2.45, 2.75) is 62.2 Å². The van der Waals surface area contributed by atoms with E-state index < -0.39 is 10.0 Å². The molecule has 7 nitrogen and oxygen atoms in total. The summed E-state index contributed by atoms with van der Waals surface area (Å²) in [5.74, 6) is 0. The number of oxazole rings is 1. The molecule has 1 aromatic carbocycles. The summed E-state index contributed by atoms with van der Waals surface area (Å²) in [6, 6.07) is 6.27. The lowest BCUT2D eigenvalue weighted by Gasteiger charge is -2.29. The minimum Gasteiger partial charge on any atom is -0.429 e. The van der Waals surface area contributed by atoms with Crippen LogP contribution >= 0.6 is 12.2 Å². The third-order valence-electron chi connectivity index (χ3n) is 6.36. The number of morpholine rings is 1. The summed E-state index contributed by atoms with van der Waals surface area (Å²) >= 11 is 5.51. The Hall–Kier alpha value is -1.26. The van der Waals surface area contributed by atoms with Gasteiger partial charge in [0.25, 0.3) is 4.84 Å². The van der Waals surface area contributed by atoms with E-state index in [4.69, 9.17) is 21.4 Å². The predicted molar refractivity (Wildman–Crippen MR) is 112 cm³/mol. The Balaban J connectivity index is 1.50. The average Bonchev–Trinajstić information content (AvgIpc) is 3.32. The molecule has 5 rings (SSSR count). The maximum Gasteiger partial charge on any atom is 0.270 e. The second-order valence-corrected chi connectivity index (χ2v) is 10.6. The highest BCUT2D eigenvalue weighted by atomic mass is 32.2. The Morgan fingerprint density at radius 3 is 2.45 bits per heavy atom. The molecule has 0 spiro atoms. The fraction of sp³-hybridized carbons (Fsp3) is 0.650. The number of hydrogen-bond donors (Lipinski definition) is 0. The minimum absolute atomic E-state index is 0.287. The summed E-state index contributed by atoms with van der Waals surface area (Å²) in [5, 5.41) is 0. The Morgan fingerprint density at radius 1 is 1.07 bits per heavy atom. The van der Waals surface area contributed by atoms with Gasteiger partial charge in [-0.1, -0.05) is 12.8 Å². The molecule has 2 aromatic rings. The second kappa shape index (κ2) is 7.77. The predicted octanol–water partition coefficient (Wildman–Crippen LogP) is 3.35. The van der Waals surface area contributed by atoms with Crippen molar-refractivity contribution in [1.82, 2.24) is 13.8 Å². The van der Waals surface area contributed by atoms with Gasteiger partial charge in [-0.3, -0.25) is 9.47 Å². The van der Waals surface area contributed by atoms with Crippen LogP contribution in [0.25, 0.3) is 11.1 Å². The van der Waals surface area contributed by atoms with Crippen LogP contribution in [0.5, 0.6) is 0 Å². The molecule has 0 radical (unpaired) electrons. The molecular weight excluding hydrogens is 410 g/mol. The van der Waals surface area contributed by atoms with E-state index in [-0.39, 0.29) is 4.90 Å². The molecule has 1 aromatic heterocycles. The summed E-state index contributed by atoms with van der Waals surface area (Å²) in [7, 11) is -3.56. The van der Waals surface area contributed by atoms with Gasteiger partial charge in [-0.05, 0) is 56.1 Å². The zero-order valence-electron chi connectivity index (χ0n) is 16.5. The quantitative estimate of drug-likeness (QED) is 0.646. The van der Waals surface area contributed by atoms with E-state index in [0.29, 0.717) is 55.5 Å². The molecule has 0 N–H and O–H groups in total. The van der Waals surface area contributed by atoms with Crippen molar-refractivity contribution in [2.75, 3.05) is 26.3 Å². The molecule has 2 heterocycles. The van der Waals surface area contributed by atoms with E-state index in [0.717, 1.165) is 5.52 Å². The Bertz CT molecular complexity index is 1050. The second-order valence-electron chi connectivity index (χ2n) is 8.27. The fourth-order valence-electron chi connectivity index (χ4n) is 4.61. The Kier molecular flexibility index (Phi) is 5.28. The molecule has 3 fully saturated rings. The topological polar surface area (TPSA) is 67.9 Å². The third kappa shape index (κ3) is 3.79. The maximum atomic E-state index is 13.1. The smallest absolute Gasteiger partial charge is 0.270 e. The van der Waals surface area contributed by atoms with Gasteiger partial charge < -0.3 is 9.15 Å². The standard InChI is InChI=1S/C20H27N3O4S2/c24-29(25,21-9-11-26-12-10-21)17-7-8-19-18(13-17)23(20(28)27-19)14-22(16-5-6-16)15-3-1-2-4-15/h7-8,13,15-16H,1-6,9-12,14H2. The molecule has 9 heteroatoms. The number of hydrogen-bond acceptors (Lipinski definition) is 6. The normalized spacial score (nSPS) is 22.1. The van der Waals surface area contributed by atoms with Crippen molar-refractivity contribution in [3.05, 3.63) is 23.0 Å². The van der Waals surface area contributed by atoms with Crippen molar-refractivity contribution in [2.24, 2.45) is 0 Å². The minimum atomic E-state index is -3.56. The number of ether oxygens (including phenoxy) is 1. The van der Waals surface area contributed by atoms with Crippen LogP contribution in [0.2, 0.25) is 0 Å². The average molecular weight is 438 g/mol. The van der Waals surface area contributed by atoms with Gasteiger partial charge in [0, 0.05) is 25.2 Å². The number of benzene rings is 1. The van der Waals surface area contributed by atoms with Gasteiger partial charge in [-0.25, -0.2) is 8.42 Å². The SMILES string of the molecule is O=S(=O)(c1ccc2oc(=S)n(CN(C3CCCC3)C3CC3)c2c1)N1CCOCC1. The molecule has 0 amide bonds. The summed E-state index contributed by atoms with van der Waals surface area (Å²) in [6.45, 7) is 2.30. The molecule has 0 atom stereocenters. The maximum absolute atomic E-state index is 13.1. The Labute approximate surface area is 176 Å². The molecule has 0 unspecified atom stereocenters. The van der Waals surface area contributed by atoms with E-state index >= 15 is 0 Å². The van der Waals surface area contributed by atoms with E-state index in [2.05, 4.69) is 4.90 Å². The van der Waals surface area contributed by atoms with Crippen LogP contribution in [-0.4, -0.2) is 60.6 Å². The van der Waals surface area contributed by atoms with Crippen molar-refractivity contribution >= 4 is 33.3 Å². The number of nitrogens with zero attached hydrogens (tertiary/aromatic N) is 3. The molecular formula is C20H27N3O4S2. The molecule has 1 aliphatic heterocycles. The highest BCUT2D eigenvalue weighted by Crippen LogP contribution is 2.35. The monoisotopic (exact) mass is 437 g/mol. The first kappa shape index (κ1) is 19.7. The van der Waals surface area contributed by atoms with Crippen LogP contribution in [-0.2, 0) is 21.4 Å². The zero-order chi connectivity index (χ0) is 20.0. The molecule has 1 saturated heterocycles. The van der Waals surface area contributed by atoms with Crippen LogP contribution in [0.1, 0.15) is 38.5 Å². The molecule has 158 valence electrons. The third-order valence-corrected chi connectivity index (χ3v) is 8.56. The van der Waals surface area contributed by atoms with Gasteiger partial charge in [0.2, 0.25) is 10.0 Å². The van der Waals surface area contributed by atoms with Gasteiger partial charge >= 0.3 is 0 Å². The van der Waals surface area contributed by atoms with Gasteiger partial charge in [-0.2, -0.15) is 4.31 Å². The van der Waals surface area contributed by atoms with E-state index in [1.54, 1.807) is 18.2 Å². The van der Waals surface area contributed by atoms with E-state index in [9.17, 15) is 8.42 Å². The van der Waals surface area contributed by atoms with Crippen LogP contribution in [0.3, 0.4) is 0 Å². The van der Waals surface area contributed by atoms with E-state index in [1.165, 1.54) is 42.8 Å². The summed E-state index contributed by atoms with van der Waals surface area (Å²) in [6.07, 6.45) is 7.50. The number of rotatable bonds is 6.